The van der Waals surface area contributed by atoms with Crippen LogP contribution in [0.3, 0.4) is 0 Å². The molecule has 3 rings (SSSR count). The number of anilines is 1. The minimum Gasteiger partial charge on any atom is -0.467 e. The summed E-state index contributed by atoms with van der Waals surface area (Å²) in [6, 6.07) is 15.8. The average Bonchev–Trinajstić information content (AvgIpc) is 3.22. The maximum Gasteiger partial charge on any atom is 0.257 e. The highest BCUT2D eigenvalue weighted by atomic mass is 127. The van der Waals surface area contributed by atoms with Crippen molar-refractivity contribution < 1.29 is 14.0 Å². The Morgan fingerprint density at radius 2 is 1.83 bits per heavy atom. The van der Waals surface area contributed by atoms with Crippen molar-refractivity contribution >= 4 is 57.4 Å². The Morgan fingerprint density at radius 3 is 2.55 bits per heavy atom. The van der Waals surface area contributed by atoms with Crippen LogP contribution in [0.15, 0.2) is 65.3 Å². The maximum atomic E-state index is 12.4. The van der Waals surface area contributed by atoms with Gasteiger partial charge in [0.2, 0.25) is 0 Å². The number of rotatable bonds is 5. The van der Waals surface area contributed by atoms with Gasteiger partial charge in [-0.05, 0) is 89.8 Å². The number of benzene rings is 2. The molecule has 1 heterocycles. The van der Waals surface area contributed by atoms with E-state index in [1.54, 1.807) is 54.8 Å². The molecule has 0 unspecified atom stereocenters. The van der Waals surface area contributed by atoms with Crippen LogP contribution in [0, 0.1) is 10.5 Å². The van der Waals surface area contributed by atoms with Crippen LogP contribution in [0.2, 0.25) is 0 Å². The van der Waals surface area contributed by atoms with E-state index >= 15 is 0 Å². The van der Waals surface area contributed by atoms with Gasteiger partial charge in [-0.15, -0.1) is 0 Å². The number of carbonyl (C=O) groups is 2. The summed E-state index contributed by atoms with van der Waals surface area (Å²) in [5, 5.41) is 8.51. The predicted octanol–water partition coefficient (Wildman–Crippen LogP) is 4.25. The van der Waals surface area contributed by atoms with Crippen LogP contribution in [0.5, 0.6) is 0 Å². The molecular weight excluding hydrogens is 501 g/mol. The van der Waals surface area contributed by atoms with Gasteiger partial charge < -0.3 is 15.1 Å². The number of thiocarbonyl (C=S) groups is 1. The molecule has 0 saturated carbocycles. The first kappa shape index (κ1) is 21.0. The summed E-state index contributed by atoms with van der Waals surface area (Å²) in [5.41, 5.74) is 2.68. The number of furan rings is 1. The molecule has 0 spiro atoms. The van der Waals surface area contributed by atoms with E-state index in [9.17, 15) is 9.59 Å². The van der Waals surface area contributed by atoms with Crippen LogP contribution >= 0.6 is 34.8 Å². The second kappa shape index (κ2) is 9.66. The molecule has 3 N–H and O–H groups in total. The van der Waals surface area contributed by atoms with Gasteiger partial charge >= 0.3 is 0 Å². The van der Waals surface area contributed by atoms with Gasteiger partial charge in [-0.1, -0.05) is 12.1 Å². The quantitative estimate of drug-likeness (QED) is 0.347. The molecule has 2 amide bonds. The van der Waals surface area contributed by atoms with E-state index in [0.29, 0.717) is 29.1 Å². The molecule has 0 bridgehead atoms. The summed E-state index contributed by atoms with van der Waals surface area (Å²) in [4.78, 5) is 24.7. The van der Waals surface area contributed by atoms with Crippen molar-refractivity contribution in [3.63, 3.8) is 0 Å². The number of carbonyl (C=O) groups excluding carboxylic acids is 2. The van der Waals surface area contributed by atoms with Gasteiger partial charge in [0.05, 0.1) is 12.8 Å². The van der Waals surface area contributed by atoms with Gasteiger partial charge in [-0.2, -0.15) is 0 Å². The third-order valence-corrected chi connectivity index (χ3v) is 5.41. The van der Waals surface area contributed by atoms with Gasteiger partial charge in [-0.3, -0.25) is 14.9 Å². The lowest BCUT2D eigenvalue weighted by Crippen LogP contribution is -2.34. The normalized spacial score (nSPS) is 10.3. The zero-order valence-electron chi connectivity index (χ0n) is 15.5. The fourth-order valence-electron chi connectivity index (χ4n) is 2.49. The molecule has 148 valence electrons. The molecule has 29 heavy (non-hydrogen) atoms. The first-order chi connectivity index (χ1) is 13.9. The summed E-state index contributed by atoms with van der Waals surface area (Å²) >= 11 is 7.41. The highest BCUT2D eigenvalue weighted by molar-refractivity contribution is 14.1. The minimum absolute atomic E-state index is 0.152. The molecule has 1 aromatic heterocycles. The van der Waals surface area contributed by atoms with Crippen LogP contribution in [0.1, 0.15) is 32.0 Å². The van der Waals surface area contributed by atoms with Gasteiger partial charge in [0.25, 0.3) is 11.8 Å². The Labute approximate surface area is 187 Å². The smallest absolute Gasteiger partial charge is 0.257 e. The molecule has 8 heteroatoms. The number of hydrogen-bond acceptors (Lipinski definition) is 4. The van der Waals surface area contributed by atoms with Gasteiger partial charge in [0, 0.05) is 20.4 Å². The molecule has 2 aromatic carbocycles. The molecule has 0 saturated heterocycles. The second-order valence-corrected chi connectivity index (χ2v) is 7.79. The number of hydrogen-bond donors (Lipinski definition) is 3. The van der Waals surface area contributed by atoms with Crippen molar-refractivity contribution in [3.8, 4) is 0 Å². The summed E-state index contributed by atoms with van der Waals surface area (Å²) in [6.07, 6.45) is 1.55. The molecule has 0 radical (unpaired) electrons. The largest absolute Gasteiger partial charge is 0.467 e. The number of halogens is 1. The third kappa shape index (κ3) is 5.88. The van der Waals surface area contributed by atoms with Gasteiger partial charge in [0.1, 0.15) is 5.76 Å². The summed E-state index contributed by atoms with van der Waals surface area (Å²) < 4.78 is 6.20. The SMILES string of the molecule is Cc1ccc(C(=O)NC(=S)Nc2cccc(C(=O)NCc3ccco3)c2)cc1I. The lowest BCUT2D eigenvalue weighted by Gasteiger charge is -2.11. The van der Waals surface area contributed by atoms with E-state index in [4.69, 9.17) is 16.6 Å². The highest BCUT2D eigenvalue weighted by Crippen LogP contribution is 2.14. The van der Waals surface area contributed by atoms with Crippen molar-refractivity contribution in [2.24, 2.45) is 0 Å². The topological polar surface area (TPSA) is 83.4 Å². The van der Waals surface area contributed by atoms with E-state index in [1.165, 1.54) is 0 Å². The standard InChI is InChI=1S/C21H18IN3O3S/c1-13-7-8-15(11-18(13)22)20(27)25-21(29)24-16-5-2-4-14(10-16)19(26)23-12-17-6-3-9-28-17/h2-11H,12H2,1H3,(H,23,26)(H2,24,25,27,29). The Kier molecular flexibility index (Phi) is 6.99. The average molecular weight is 519 g/mol. The van der Waals surface area contributed by atoms with E-state index in [2.05, 4.69) is 38.5 Å². The fraction of sp³-hybridized carbons (Fsp3) is 0.0952. The first-order valence-corrected chi connectivity index (χ1v) is 10.2. The number of nitrogens with one attached hydrogen (secondary N) is 3. The fourth-order valence-corrected chi connectivity index (χ4v) is 3.22. The van der Waals surface area contributed by atoms with Crippen LogP contribution in [0.25, 0.3) is 0 Å². The molecule has 0 atom stereocenters. The lowest BCUT2D eigenvalue weighted by molar-refractivity contribution is 0.0946. The Balaban J connectivity index is 1.58. The summed E-state index contributed by atoms with van der Waals surface area (Å²) in [5.74, 6) is 0.129. The zero-order chi connectivity index (χ0) is 20.8. The molecule has 0 aliphatic carbocycles. The Bertz CT molecular complexity index is 1050. The van der Waals surface area contributed by atoms with Crippen LogP contribution in [-0.2, 0) is 6.54 Å². The van der Waals surface area contributed by atoms with E-state index in [0.717, 1.165) is 9.13 Å². The molecule has 0 fully saturated rings. The van der Waals surface area contributed by atoms with Crippen molar-refractivity contribution in [3.05, 3.63) is 86.9 Å². The number of amides is 2. The Morgan fingerprint density at radius 1 is 1.03 bits per heavy atom. The molecule has 6 nitrogen and oxygen atoms in total. The number of aryl methyl sites for hydroxylation is 1. The molecular formula is C21H18IN3O3S. The molecule has 0 aliphatic heterocycles. The minimum atomic E-state index is -0.298. The molecule has 0 aliphatic rings. The van der Waals surface area contributed by atoms with Crippen molar-refractivity contribution in [1.82, 2.24) is 10.6 Å². The third-order valence-electron chi connectivity index (χ3n) is 4.05. The van der Waals surface area contributed by atoms with Crippen molar-refractivity contribution in [1.29, 1.82) is 0 Å². The summed E-state index contributed by atoms with van der Waals surface area (Å²) in [7, 11) is 0. The van der Waals surface area contributed by atoms with Gasteiger partial charge in [-0.25, -0.2) is 0 Å². The predicted molar refractivity (Wildman–Crippen MR) is 124 cm³/mol. The van der Waals surface area contributed by atoms with E-state index in [-0.39, 0.29) is 16.9 Å². The van der Waals surface area contributed by atoms with Crippen LogP contribution in [0.4, 0.5) is 5.69 Å². The Hall–Kier alpha value is -2.72. The highest BCUT2D eigenvalue weighted by Gasteiger charge is 2.11. The molecule has 3 aromatic rings. The van der Waals surface area contributed by atoms with Gasteiger partial charge in [0.15, 0.2) is 5.11 Å². The van der Waals surface area contributed by atoms with E-state index in [1.807, 2.05) is 13.0 Å². The maximum absolute atomic E-state index is 12.4. The van der Waals surface area contributed by atoms with Crippen LogP contribution < -0.4 is 16.0 Å². The second-order valence-electron chi connectivity index (χ2n) is 6.22. The first-order valence-electron chi connectivity index (χ1n) is 8.71. The monoisotopic (exact) mass is 519 g/mol. The lowest BCUT2D eigenvalue weighted by atomic mass is 10.1. The van der Waals surface area contributed by atoms with Crippen molar-refractivity contribution in [2.45, 2.75) is 13.5 Å². The summed E-state index contributed by atoms with van der Waals surface area (Å²) in [6.45, 7) is 2.28. The van der Waals surface area contributed by atoms with Crippen LogP contribution in [-0.4, -0.2) is 16.9 Å². The van der Waals surface area contributed by atoms with E-state index < -0.39 is 0 Å². The van der Waals surface area contributed by atoms with Crippen molar-refractivity contribution in [2.75, 3.05) is 5.32 Å². The zero-order valence-corrected chi connectivity index (χ0v) is 18.5.